The van der Waals surface area contributed by atoms with E-state index in [9.17, 15) is 13.5 Å². The first-order valence-corrected chi connectivity index (χ1v) is 7.71. The fourth-order valence-corrected chi connectivity index (χ4v) is 2.78. The minimum atomic E-state index is -3.45. The lowest BCUT2D eigenvalue weighted by atomic mass is 10.1. The molecule has 0 bridgehead atoms. The number of hydrogen-bond donors (Lipinski definition) is 2. The summed E-state index contributed by atoms with van der Waals surface area (Å²) in [6.07, 6.45) is 0.927. The second-order valence-corrected chi connectivity index (χ2v) is 6.32. The Hall–Kier alpha value is -0.170. The Morgan fingerprint density at radius 1 is 1.18 bits per heavy atom. The molecule has 0 aromatic carbocycles. The van der Waals surface area contributed by atoms with E-state index in [2.05, 4.69) is 4.72 Å². The molecule has 0 aromatic heterocycles. The summed E-state index contributed by atoms with van der Waals surface area (Å²) in [5.41, 5.74) is 0. The summed E-state index contributed by atoms with van der Waals surface area (Å²) in [6.45, 7) is 8.71. The molecule has 0 fully saturated rings. The molecule has 1 unspecified atom stereocenters. The second-order valence-electron chi connectivity index (χ2n) is 4.56. The third-order valence-corrected chi connectivity index (χ3v) is 4.11. The summed E-state index contributed by atoms with van der Waals surface area (Å²) >= 11 is 0. The van der Waals surface area contributed by atoms with E-state index in [0.29, 0.717) is 13.1 Å². The minimum absolute atomic E-state index is 0.0449. The maximum absolute atomic E-state index is 11.9. The highest BCUT2D eigenvalue weighted by molar-refractivity contribution is 7.87. The van der Waals surface area contributed by atoms with Crippen molar-refractivity contribution in [2.45, 2.75) is 46.6 Å². The van der Waals surface area contributed by atoms with Gasteiger partial charge in [0, 0.05) is 19.6 Å². The number of rotatable bonds is 9. The molecule has 1 atom stereocenters. The molecule has 0 aliphatic rings. The topological polar surface area (TPSA) is 69.6 Å². The summed E-state index contributed by atoms with van der Waals surface area (Å²) in [5, 5.41) is 9.59. The smallest absolute Gasteiger partial charge is 0.279 e. The average Bonchev–Trinajstić information content (AvgIpc) is 2.25. The van der Waals surface area contributed by atoms with Gasteiger partial charge in [-0.2, -0.15) is 17.4 Å². The first-order chi connectivity index (χ1) is 7.85. The quantitative estimate of drug-likeness (QED) is 0.653. The second kappa shape index (κ2) is 8.02. The number of hydrogen-bond acceptors (Lipinski definition) is 3. The highest BCUT2D eigenvalue weighted by Crippen LogP contribution is 2.04. The Morgan fingerprint density at radius 3 is 2.00 bits per heavy atom. The third kappa shape index (κ3) is 6.35. The van der Waals surface area contributed by atoms with Gasteiger partial charge < -0.3 is 5.11 Å². The van der Waals surface area contributed by atoms with Crippen molar-refractivity contribution in [2.24, 2.45) is 5.92 Å². The Bertz CT molecular complexity index is 285. The average molecular weight is 266 g/mol. The molecule has 0 aromatic rings. The van der Waals surface area contributed by atoms with Crippen molar-refractivity contribution in [3.05, 3.63) is 0 Å². The summed E-state index contributed by atoms with van der Waals surface area (Å²) in [5.74, 6) is 0.0449. The third-order valence-electron chi connectivity index (χ3n) is 2.53. The number of nitrogens with one attached hydrogen (secondary N) is 1. The molecule has 0 amide bonds. The van der Waals surface area contributed by atoms with Gasteiger partial charge in [0.15, 0.2) is 0 Å². The van der Waals surface area contributed by atoms with Crippen LogP contribution in [0.25, 0.3) is 0 Å². The van der Waals surface area contributed by atoms with Crippen LogP contribution in [-0.2, 0) is 10.2 Å². The van der Waals surface area contributed by atoms with Crippen molar-refractivity contribution in [2.75, 3.05) is 19.6 Å². The predicted octanol–water partition coefficient (Wildman–Crippen LogP) is 0.960. The molecule has 5 nitrogen and oxygen atoms in total. The first kappa shape index (κ1) is 16.8. The molecule has 17 heavy (non-hydrogen) atoms. The summed E-state index contributed by atoms with van der Waals surface area (Å²) < 4.78 is 27.8. The summed E-state index contributed by atoms with van der Waals surface area (Å²) in [4.78, 5) is 0. The molecule has 104 valence electrons. The maximum atomic E-state index is 11.9. The molecule has 0 saturated carbocycles. The lowest BCUT2D eigenvalue weighted by Crippen LogP contribution is -2.45. The lowest BCUT2D eigenvalue weighted by molar-refractivity contribution is 0.129. The monoisotopic (exact) mass is 266 g/mol. The minimum Gasteiger partial charge on any atom is -0.391 e. The van der Waals surface area contributed by atoms with Crippen molar-refractivity contribution in [3.8, 4) is 0 Å². The molecule has 6 heteroatoms. The molecule has 0 aliphatic carbocycles. The Kier molecular flexibility index (Phi) is 7.94. The van der Waals surface area contributed by atoms with Gasteiger partial charge in [-0.25, -0.2) is 0 Å². The Morgan fingerprint density at radius 2 is 1.65 bits per heavy atom. The van der Waals surface area contributed by atoms with Crippen LogP contribution in [0.2, 0.25) is 0 Å². The highest BCUT2D eigenvalue weighted by atomic mass is 32.2. The van der Waals surface area contributed by atoms with E-state index in [-0.39, 0.29) is 12.5 Å². The zero-order chi connectivity index (χ0) is 13.5. The Balaban J connectivity index is 4.42. The number of aliphatic hydroxyl groups is 1. The van der Waals surface area contributed by atoms with Gasteiger partial charge >= 0.3 is 0 Å². The van der Waals surface area contributed by atoms with Crippen molar-refractivity contribution in [1.82, 2.24) is 9.03 Å². The summed E-state index contributed by atoms with van der Waals surface area (Å²) in [7, 11) is -3.45. The standard InChI is InChI=1S/C11H26N2O3S/c1-5-7-13(8-6-2)17(15,16)12-9-11(14)10(3)4/h10-12,14H,5-9H2,1-4H3. The van der Waals surface area contributed by atoms with E-state index in [1.54, 1.807) is 0 Å². The van der Waals surface area contributed by atoms with Crippen LogP contribution in [0.1, 0.15) is 40.5 Å². The van der Waals surface area contributed by atoms with E-state index >= 15 is 0 Å². The van der Waals surface area contributed by atoms with E-state index in [0.717, 1.165) is 12.8 Å². The van der Waals surface area contributed by atoms with Crippen molar-refractivity contribution in [1.29, 1.82) is 0 Å². The van der Waals surface area contributed by atoms with E-state index < -0.39 is 16.3 Å². The van der Waals surface area contributed by atoms with Gasteiger partial charge in [0.2, 0.25) is 0 Å². The van der Waals surface area contributed by atoms with Gasteiger partial charge in [-0.1, -0.05) is 27.7 Å². The number of aliphatic hydroxyl groups excluding tert-OH is 1. The first-order valence-electron chi connectivity index (χ1n) is 6.27. The van der Waals surface area contributed by atoms with Crippen molar-refractivity contribution < 1.29 is 13.5 Å². The summed E-state index contributed by atoms with van der Waals surface area (Å²) in [6, 6.07) is 0. The van der Waals surface area contributed by atoms with Crippen LogP contribution in [0.4, 0.5) is 0 Å². The molecule has 0 heterocycles. The largest absolute Gasteiger partial charge is 0.391 e. The van der Waals surface area contributed by atoms with E-state index in [4.69, 9.17) is 0 Å². The van der Waals surface area contributed by atoms with Crippen LogP contribution in [0.3, 0.4) is 0 Å². The van der Waals surface area contributed by atoms with Crippen LogP contribution in [-0.4, -0.2) is 43.6 Å². The molecular formula is C11H26N2O3S. The highest BCUT2D eigenvalue weighted by Gasteiger charge is 2.21. The predicted molar refractivity (Wildman–Crippen MR) is 69.9 cm³/mol. The molecule has 0 spiro atoms. The van der Waals surface area contributed by atoms with Gasteiger partial charge in [-0.3, -0.25) is 0 Å². The van der Waals surface area contributed by atoms with Crippen LogP contribution in [0.5, 0.6) is 0 Å². The van der Waals surface area contributed by atoms with Gasteiger partial charge in [0.1, 0.15) is 0 Å². The van der Waals surface area contributed by atoms with E-state index in [1.807, 2.05) is 27.7 Å². The van der Waals surface area contributed by atoms with Crippen molar-refractivity contribution >= 4 is 10.2 Å². The fourth-order valence-electron chi connectivity index (χ4n) is 1.37. The van der Waals surface area contributed by atoms with Crippen LogP contribution in [0, 0.1) is 5.92 Å². The lowest BCUT2D eigenvalue weighted by Gasteiger charge is -2.23. The van der Waals surface area contributed by atoms with Crippen LogP contribution < -0.4 is 4.72 Å². The molecule has 0 radical (unpaired) electrons. The fraction of sp³-hybridized carbons (Fsp3) is 1.00. The molecular weight excluding hydrogens is 240 g/mol. The van der Waals surface area contributed by atoms with Gasteiger partial charge in [-0.15, -0.1) is 0 Å². The normalized spacial score (nSPS) is 14.5. The molecule has 0 saturated heterocycles. The van der Waals surface area contributed by atoms with Crippen molar-refractivity contribution in [3.63, 3.8) is 0 Å². The van der Waals surface area contributed by atoms with Crippen LogP contribution in [0.15, 0.2) is 0 Å². The molecule has 0 rings (SSSR count). The Labute approximate surface area is 105 Å². The van der Waals surface area contributed by atoms with Gasteiger partial charge in [0.05, 0.1) is 6.10 Å². The van der Waals surface area contributed by atoms with Gasteiger partial charge in [0.25, 0.3) is 10.2 Å². The van der Waals surface area contributed by atoms with Crippen LogP contribution >= 0.6 is 0 Å². The SMILES string of the molecule is CCCN(CCC)S(=O)(=O)NCC(O)C(C)C. The zero-order valence-corrected chi connectivity index (χ0v) is 12.1. The molecule has 0 aliphatic heterocycles. The van der Waals surface area contributed by atoms with Gasteiger partial charge in [-0.05, 0) is 18.8 Å². The van der Waals surface area contributed by atoms with E-state index in [1.165, 1.54) is 4.31 Å². The molecule has 2 N–H and O–H groups in total. The number of nitrogens with zero attached hydrogens (tertiary/aromatic N) is 1. The maximum Gasteiger partial charge on any atom is 0.279 e. The zero-order valence-electron chi connectivity index (χ0n) is 11.3.